The lowest BCUT2D eigenvalue weighted by Crippen LogP contribution is -2.31. The van der Waals surface area contributed by atoms with Gasteiger partial charge in [-0.15, -0.1) is 0 Å². The lowest BCUT2D eigenvalue weighted by molar-refractivity contribution is 0.248. The number of amides is 2. The highest BCUT2D eigenvalue weighted by molar-refractivity contribution is 5.89. The van der Waals surface area contributed by atoms with Gasteiger partial charge in [0.2, 0.25) is 0 Å². The van der Waals surface area contributed by atoms with Crippen LogP contribution < -0.4 is 10.6 Å². The molecule has 1 aromatic heterocycles. The molecule has 1 aliphatic rings. The fourth-order valence-electron chi connectivity index (χ4n) is 2.47. The highest BCUT2D eigenvalue weighted by Crippen LogP contribution is 2.30. The maximum absolute atomic E-state index is 11.9. The number of hydrogen-bond acceptors (Lipinski definition) is 2. The molecule has 2 N–H and O–H groups in total. The van der Waals surface area contributed by atoms with Gasteiger partial charge >= 0.3 is 6.03 Å². The average molecular weight is 253 g/mol. The molecule has 4 nitrogen and oxygen atoms in total. The number of hydrogen-bond donors (Lipinski definition) is 2. The van der Waals surface area contributed by atoms with Crippen LogP contribution in [0.1, 0.15) is 23.6 Å². The monoisotopic (exact) mass is 253 g/mol. The molecule has 1 unspecified atom stereocenters. The molecule has 19 heavy (non-hydrogen) atoms. The SMILES string of the molecule is O=C(Nc1cccnc1)NC1CCc2ccccc21. The number of carbonyl (C=O) groups excluding carboxylic acids is 1. The molecule has 1 aromatic carbocycles. The van der Waals surface area contributed by atoms with Crippen LogP contribution in [0.4, 0.5) is 10.5 Å². The molecule has 96 valence electrons. The van der Waals surface area contributed by atoms with Crippen molar-refractivity contribution in [3.63, 3.8) is 0 Å². The molecule has 1 heterocycles. The van der Waals surface area contributed by atoms with Crippen molar-refractivity contribution >= 4 is 11.7 Å². The molecule has 0 aliphatic heterocycles. The van der Waals surface area contributed by atoms with Crippen LogP contribution in [0.5, 0.6) is 0 Å². The van der Waals surface area contributed by atoms with E-state index in [1.165, 1.54) is 11.1 Å². The van der Waals surface area contributed by atoms with Gasteiger partial charge in [0, 0.05) is 6.20 Å². The zero-order valence-electron chi connectivity index (χ0n) is 10.5. The smallest absolute Gasteiger partial charge is 0.319 e. The van der Waals surface area contributed by atoms with Crippen LogP contribution in [-0.4, -0.2) is 11.0 Å². The van der Waals surface area contributed by atoms with Crippen LogP contribution in [0.2, 0.25) is 0 Å². The molecule has 0 radical (unpaired) electrons. The van der Waals surface area contributed by atoms with Crippen LogP contribution in [0.3, 0.4) is 0 Å². The van der Waals surface area contributed by atoms with Crippen molar-refractivity contribution < 1.29 is 4.79 Å². The van der Waals surface area contributed by atoms with E-state index in [9.17, 15) is 4.79 Å². The number of anilines is 1. The second-order valence-electron chi connectivity index (χ2n) is 4.63. The van der Waals surface area contributed by atoms with Gasteiger partial charge in [-0.2, -0.15) is 0 Å². The van der Waals surface area contributed by atoms with Gasteiger partial charge in [-0.3, -0.25) is 4.98 Å². The number of benzene rings is 1. The Labute approximate surface area is 111 Å². The molecular formula is C15H15N3O. The number of nitrogens with zero attached hydrogens (tertiary/aromatic N) is 1. The largest absolute Gasteiger partial charge is 0.331 e. The topological polar surface area (TPSA) is 54.0 Å². The normalized spacial score (nSPS) is 16.7. The number of pyridine rings is 1. The van der Waals surface area contributed by atoms with Gasteiger partial charge in [0.05, 0.1) is 17.9 Å². The van der Waals surface area contributed by atoms with Crippen molar-refractivity contribution in [3.8, 4) is 0 Å². The van der Waals surface area contributed by atoms with Crippen molar-refractivity contribution in [2.75, 3.05) is 5.32 Å². The zero-order chi connectivity index (χ0) is 13.1. The van der Waals surface area contributed by atoms with Crippen molar-refractivity contribution in [1.29, 1.82) is 0 Å². The van der Waals surface area contributed by atoms with Crippen LogP contribution in [0, 0.1) is 0 Å². The Kier molecular flexibility index (Phi) is 3.14. The lowest BCUT2D eigenvalue weighted by Gasteiger charge is -2.14. The standard InChI is InChI=1S/C15H15N3O/c19-15(17-12-5-3-9-16-10-12)18-14-8-7-11-4-1-2-6-13(11)14/h1-6,9-10,14H,7-8H2,(H2,17,18,19). The molecule has 2 aromatic rings. The minimum Gasteiger partial charge on any atom is -0.331 e. The number of nitrogens with one attached hydrogen (secondary N) is 2. The van der Waals surface area contributed by atoms with Crippen molar-refractivity contribution in [2.45, 2.75) is 18.9 Å². The maximum Gasteiger partial charge on any atom is 0.319 e. The molecule has 0 saturated heterocycles. The third-order valence-electron chi connectivity index (χ3n) is 3.36. The highest BCUT2D eigenvalue weighted by atomic mass is 16.2. The fourth-order valence-corrected chi connectivity index (χ4v) is 2.47. The first kappa shape index (κ1) is 11.7. The van der Waals surface area contributed by atoms with E-state index in [1.54, 1.807) is 18.5 Å². The van der Waals surface area contributed by atoms with E-state index in [0.717, 1.165) is 12.8 Å². The summed E-state index contributed by atoms with van der Waals surface area (Å²) in [6.45, 7) is 0. The number of carbonyl (C=O) groups is 1. The maximum atomic E-state index is 11.9. The third-order valence-corrected chi connectivity index (χ3v) is 3.36. The average Bonchev–Trinajstić information content (AvgIpc) is 2.83. The summed E-state index contributed by atoms with van der Waals surface area (Å²) in [5.41, 5.74) is 3.25. The van der Waals surface area contributed by atoms with Gasteiger partial charge in [0.25, 0.3) is 0 Å². The summed E-state index contributed by atoms with van der Waals surface area (Å²) < 4.78 is 0. The van der Waals surface area contributed by atoms with Gasteiger partial charge in [0.15, 0.2) is 0 Å². The van der Waals surface area contributed by atoms with E-state index in [0.29, 0.717) is 5.69 Å². The summed E-state index contributed by atoms with van der Waals surface area (Å²) in [5, 5.41) is 5.79. The van der Waals surface area contributed by atoms with Gasteiger partial charge in [-0.05, 0) is 36.1 Å². The van der Waals surface area contributed by atoms with Crippen molar-refractivity contribution in [1.82, 2.24) is 10.3 Å². The van der Waals surface area contributed by atoms with Crippen LogP contribution in [0.25, 0.3) is 0 Å². The number of aromatic nitrogens is 1. The minimum atomic E-state index is -0.185. The molecule has 0 saturated carbocycles. The summed E-state index contributed by atoms with van der Waals surface area (Å²) >= 11 is 0. The first-order valence-electron chi connectivity index (χ1n) is 6.38. The molecule has 0 fully saturated rings. The van der Waals surface area contributed by atoms with E-state index in [-0.39, 0.29) is 12.1 Å². The van der Waals surface area contributed by atoms with Crippen LogP contribution >= 0.6 is 0 Å². The van der Waals surface area contributed by atoms with Gasteiger partial charge in [-0.1, -0.05) is 24.3 Å². The molecule has 3 rings (SSSR count). The predicted molar refractivity (Wildman–Crippen MR) is 73.9 cm³/mol. The van der Waals surface area contributed by atoms with Crippen molar-refractivity contribution in [3.05, 3.63) is 59.9 Å². The highest BCUT2D eigenvalue weighted by Gasteiger charge is 2.23. The van der Waals surface area contributed by atoms with Gasteiger partial charge in [-0.25, -0.2) is 4.79 Å². The summed E-state index contributed by atoms with van der Waals surface area (Å²) in [7, 11) is 0. The minimum absolute atomic E-state index is 0.105. The Morgan fingerprint density at radius 3 is 2.95 bits per heavy atom. The Bertz CT molecular complexity index is 583. The number of fused-ring (bicyclic) bond motifs is 1. The molecule has 4 heteroatoms. The van der Waals surface area contributed by atoms with Crippen LogP contribution in [-0.2, 0) is 6.42 Å². The Morgan fingerprint density at radius 1 is 1.21 bits per heavy atom. The van der Waals surface area contributed by atoms with Gasteiger partial charge in [0.1, 0.15) is 0 Å². The summed E-state index contributed by atoms with van der Waals surface area (Å²) in [6, 6.07) is 11.8. The van der Waals surface area contributed by atoms with E-state index in [4.69, 9.17) is 0 Å². The Balaban J connectivity index is 1.65. The fraction of sp³-hybridized carbons (Fsp3) is 0.200. The molecule has 0 bridgehead atoms. The number of rotatable bonds is 2. The first-order chi connectivity index (χ1) is 9.33. The molecule has 0 spiro atoms. The zero-order valence-corrected chi connectivity index (χ0v) is 10.5. The summed E-state index contributed by atoms with van der Waals surface area (Å²) in [4.78, 5) is 15.9. The quantitative estimate of drug-likeness (QED) is 0.864. The van der Waals surface area contributed by atoms with E-state index in [2.05, 4.69) is 27.8 Å². The van der Waals surface area contributed by atoms with E-state index >= 15 is 0 Å². The Hall–Kier alpha value is -2.36. The second-order valence-corrected chi connectivity index (χ2v) is 4.63. The van der Waals surface area contributed by atoms with Gasteiger partial charge < -0.3 is 10.6 Å². The van der Waals surface area contributed by atoms with E-state index in [1.807, 2.05) is 18.2 Å². The summed E-state index contributed by atoms with van der Waals surface area (Å²) in [5.74, 6) is 0. The van der Waals surface area contributed by atoms with Crippen molar-refractivity contribution in [2.24, 2.45) is 0 Å². The molecule has 1 aliphatic carbocycles. The number of aryl methyl sites for hydroxylation is 1. The lowest BCUT2D eigenvalue weighted by atomic mass is 10.1. The molecule has 1 atom stereocenters. The predicted octanol–water partition coefficient (Wildman–Crippen LogP) is 2.89. The summed E-state index contributed by atoms with van der Waals surface area (Å²) in [6.07, 6.45) is 5.28. The second kappa shape index (κ2) is 5.10. The number of urea groups is 1. The molecular weight excluding hydrogens is 238 g/mol. The van der Waals surface area contributed by atoms with Crippen LogP contribution in [0.15, 0.2) is 48.8 Å². The third kappa shape index (κ3) is 2.57. The first-order valence-corrected chi connectivity index (χ1v) is 6.38. The Morgan fingerprint density at radius 2 is 2.11 bits per heavy atom. The van der Waals surface area contributed by atoms with E-state index < -0.39 is 0 Å². The molecule has 2 amide bonds.